The fraction of sp³-hybridized carbons (Fsp3) is 0.667. The molecule has 1 aromatic rings. The van der Waals surface area contributed by atoms with Crippen LogP contribution in [0.4, 0.5) is 0 Å². The van der Waals surface area contributed by atoms with Gasteiger partial charge < -0.3 is 4.74 Å². The van der Waals surface area contributed by atoms with E-state index in [1.807, 2.05) is 11.3 Å². The zero-order chi connectivity index (χ0) is 10.2. The van der Waals surface area contributed by atoms with E-state index in [1.54, 1.807) is 0 Å². The standard InChI is InChI=1S/C12H18OS/c1-12(2,3)7-9-8-14-10-5-4-6-13-11(9)10/h8H,4-7H2,1-3H3. The van der Waals surface area contributed by atoms with Crippen LogP contribution in [0.2, 0.25) is 0 Å². The molecule has 0 saturated heterocycles. The molecule has 0 atom stereocenters. The predicted octanol–water partition coefficient (Wildman–Crippen LogP) is 3.66. The van der Waals surface area contributed by atoms with Crippen LogP contribution in [0.3, 0.4) is 0 Å². The Bertz CT molecular complexity index is 320. The molecule has 78 valence electrons. The number of rotatable bonds is 1. The number of fused-ring (bicyclic) bond motifs is 1. The average Bonchev–Trinajstić information content (AvgIpc) is 2.47. The summed E-state index contributed by atoms with van der Waals surface area (Å²) in [5.74, 6) is 1.20. The van der Waals surface area contributed by atoms with Gasteiger partial charge in [-0.2, -0.15) is 0 Å². The molecule has 0 N–H and O–H groups in total. The van der Waals surface area contributed by atoms with Crippen LogP contribution in [0.15, 0.2) is 5.38 Å². The number of hydrogen-bond acceptors (Lipinski definition) is 2. The molecule has 1 aliphatic rings. The Balaban J connectivity index is 2.22. The van der Waals surface area contributed by atoms with Crippen molar-refractivity contribution in [3.63, 3.8) is 0 Å². The normalized spacial score (nSPS) is 16.2. The first-order chi connectivity index (χ1) is 6.56. The average molecular weight is 210 g/mol. The summed E-state index contributed by atoms with van der Waals surface area (Å²) in [5.41, 5.74) is 1.77. The van der Waals surface area contributed by atoms with Crippen molar-refractivity contribution in [3.8, 4) is 5.75 Å². The van der Waals surface area contributed by atoms with Crippen molar-refractivity contribution in [2.45, 2.75) is 40.0 Å². The second-order valence-electron chi connectivity index (χ2n) is 5.20. The highest BCUT2D eigenvalue weighted by Gasteiger charge is 2.21. The molecule has 2 heteroatoms. The third-order valence-corrected chi connectivity index (χ3v) is 3.48. The van der Waals surface area contributed by atoms with Crippen molar-refractivity contribution in [2.75, 3.05) is 6.61 Å². The summed E-state index contributed by atoms with van der Waals surface area (Å²) in [4.78, 5) is 1.45. The third kappa shape index (κ3) is 2.11. The zero-order valence-corrected chi connectivity index (χ0v) is 10.0. The molecule has 2 heterocycles. The summed E-state index contributed by atoms with van der Waals surface area (Å²) >= 11 is 1.87. The van der Waals surface area contributed by atoms with E-state index in [0.717, 1.165) is 13.0 Å². The molecular weight excluding hydrogens is 192 g/mol. The van der Waals surface area contributed by atoms with Crippen LogP contribution in [0.1, 0.15) is 37.6 Å². The van der Waals surface area contributed by atoms with Gasteiger partial charge in [0.2, 0.25) is 0 Å². The molecule has 2 rings (SSSR count). The van der Waals surface area contributed by atoms with Gasteiger partial charge in [-0.25, -0.2) is 0 Å². The van der Waals surface area contributed by atoms with Crippen molar-refractivity contribution in [3.05, 3.63) is 15.8 Å². The van der Waals surface area contributed by atoms with Crippen molar-refractivity contribution >= 4 is 11.3 Å². The molecule has 0 radical (unpaired) electrons. The molecule has 0 saturated carbocycles. The molecule has 0 bridgehead atoms. The highest BCUT2D eigenvalue weighted by Crippen LogP contribution is 2.37. The maximum atomic E-state index is 5.75. The second-order valence-corrected chi connectivity index (χ2v) is 6.17. The summed E-state index contributed by atoms with van der Waals surface area (Å²) in [6.07, 6.45) is 3.52. The van der Waals surface area contributed by atoms with E-state index in [1.165, 1.54) is 29.0 Å². The van der Waals surface area contributed by atoms with Gasteiger partial charge in [-0.05, 0) is 30.1 Å². The van der Waals surface area contributed by atoms with Gasteiger partial charge in [-0.1, -0.05) is 20.8 Å². The fourth-order valence-corrected chi connectivity index (χ4v) is 2.91. The Morgan fingerprint density at radius 3 is 2.93 bits per heavy atom. The summed E-state index contributed by atoms with van der Waals surface area (Å²) in [6.45, 7) is 7.74. The van der Waals surface area contributed by atoms with E-state index in [0.29, 0.717) is 5.41 Å². The molecule has 1 nitrogen and oxygen atoms in total. The molecule has 14 heavy (non-hydrogen) atoms. The molecule has 0 unspecified atom stereocenters. The van der Waals surface area contributed by atoms with Gasteiger partial charge in [0.05, 0.1) is 6.61 Å². The quantitative estimate of drug-likeness (QED) is 0.687. The monoisotopic (exact) mass is 210 g/mol. The molecule has 0 spiro atoms. The Hall–Kier alpha value is -0.500. The van der Waals surface area contributed by atoms with Gasteiger partial charge >= 0.3 is 0 Å². The van der Waals surface area contributed by atoms with E-state index in [9.17, 15) is 0 Å². The molecule has 0 aromatic carbocycles. The molecule has 0 amide bonds. The maximum Gasteiger partial charge on any atom is 0.136 e. The van der Waals surface area contributed by atoms with E-state index in [-0.39, 0.29) is 0 Å². The van der Waals surface area contributed by atoms with Gasteiger partial charge in [0.1, 0.15) is 5.75 Å². The minimum Gasteiger partial charge on any atom is -0.492 e. The molecule has 1 aliphatic heterocycles. The zero-order valence-electron chi connectivity index (χ0n) is 9.22. The van der Waals surface area contributed by atoms with Gasteiger partial charge in [-0.15, -0.1) is 11.3 Å². The molecular formula is C12H18OS. The van der Waals surface area contributed by atoms with Crippen LogP contribution in [0.25, 0.3) is 0 Å². The van der Waals surface area contributed by atoms with Gasteiger partial charge in [-0.3, -0.25) is 0 Å². The molecule has 0 fully saturated rings. The molecule has 0 aliphatic carbocycles. The van der Waals surface area contributed by atoms with E-state index < -0.39 is 0 Å². The predicted molar refractivity (Wildman–Crippen MR) is 61.3 cm³/mol. The van der Waals surface area contributed by atoms with Crippen molar-refractivity contribution in [2.24, 2.45) is 5.41 Å². The van der Waals surface area contributed by atoms with Crippen molar-refractivity contribution < 1.29 is 4.74 Å². The van der Waals surface area contributed by atoms with Crippen LogP contribution in [0.5, 0.6) is 5.75 Å². The summed E-state index contributed by atoms with van der Waals surface area (Å²) in [5, 5.41) is 2.28. The number of thiophene rings is 1. The first-order valence-corrected chi connectivity index (χ1v) is 6.16. The minimum absolute atomic E-state index is 0.357. The number of ether oxygens (including phenoxy) is 1. The second kappa shape index (κ2) is 3.58. The first kappa shape index (κ1) is 10.0. The Labute approximate surface area is 90.1 Å². The Kier molecular flexibility index (Phi) is 2.56. The lowest BCUT2D eigenvalue weighted by molar-refractivity contribution is 0.284. The lowest BCUT2D eigenvalue weighted by Gasteiger charge is -2.20. The SMILES string of the molecule is CC(C)(C)Cc1csc2c1OCCC2. The fourth-order valence-electron chi connectivity index (χ4n) is 1.87. The van der Waals surface area contributed by atoms with E-state index in [4.69, 9.17) is 4.74 Å². The van der Waals surface area contributed by atoms with Crippen molar-refractivity contribution in [1.82, 2.24) is 0 Å². The lowest BCUT2D eigenvalue weighted by atomic mass is 9.88. The smallest absolute Gasteiger partial charge is 0.136 e. The number of aryl methyl sites for hydroxylation is 1. The van der Waals surface area contributed by atoms with Crippen LogP contribution in [0, 0.1) is 5.41 Å². The highest BCUT2D eigenvalue weighted by atomic mass is 32.1. The van der Waals surface area contributed by atoms with E-state index >= 15 is 0 Å². The van der Waals surface area contributed by atoms with Crippen LogP contribution < -0.4 is 4.74 Å². The Morgan fingerprint density at radius 2 is 2.21 bits per heavy atom. The largest absolute Gasteiger partial charge is 0.492 e. The minimum atomic E-state index is 0.357. The summed E-state index contributed by atoms with van der Waals surface area (Å²) in [6, 6.07) is 0. The molecule has 1 aromatic heterocycles. The Morgan fingerprint density at radius 1 is 1.43 bits per heavy atom. The van der Waals surface area contributed by atoms with Crippen LogP contribution in [-0.2, 0) is 12.8 Å². The van der Waals surface area contributed by atoms with Gasteiger partial charge in [0, 0.05) is 10.4 Å². The summed E-state index contributed by atoms with van der Waals surface area (Å²) in [7, 11) is 0. The topological polar surface area (TPSA) is 9.23 Å². The number of hydrogen-bond donors (Lipinski definition) is 0. The summed E-state index contributed by atoms with van der Waals surface area (Å²) < 4.78 is 5.75. The van der Waals surface area contributed by atoms with Gasteiger partial charge in [0.25, 0.3) is 0 Å². The van der Waals surface area contributed by atoms with Crippen LogP contribution >= 0.6 is 11.3 Å². The van der Waals surface area contributed by atoms with Gasteiger partial charge in [0.15, 0.2) is 0 Å². The van der Waals surface area contributed by atoms with Crippen molar-refractivity contribution in [1.29, 1.82) is 0 Å². The highest BCUT2D eigenvalue weighted by molar-refractivity contribution is 7.10. The van der Waals surface area contributed by atoms with E-state index in [2.05, 4.69) is 26.2 Å². The third-order valence-electron chi connectivity index (χ3n) is 2.40. The van der Waals surface area contributed by atoms with Crippen LogP contribution in [-0.4, -0.2) is 6.61 Å². The first-order valence-electron chi connectivity index (χ1n) is 5.28. The lowest BCUT2D eigenvalue weighted by Crippen LogP contribution is -2.12. The maximum absolute atomic E-state index is 5.75.